The van der Waals surface area contributed by atoms with Crippen LogP contribution in [0.2, 0.25) is 0 Å². The molecule has 8 nitrogen and oxygen atoms in total. The maximum atomic E-state index is 12.0. The number of carbonyl (C=O) groups is 2. The predicted octanol–water partition coefficient (Wildman–Crippen LogP) is 1.35. The fourth-order valence-corrected chi connectivity index (χ4v) is 3.25. The largest absolute Gasteiger partial charge is 0.352 e. The second-order valence-electron chi connectivity index (χ2n) is 6.81. The number of carbonyl (C=O) groups excluding carboxylic acids is 2. The molecule has 8 heteroatoms. The highest BCUT2D eigenvalue weighted by Crippen LogP contribution is 2.17. The SMILES string of the molecule is CC1=NN(CCC(=O)Nc2cnn(CC(=O)NC3CCCC3)c2)CC1. The number of nitrogens with one attached hydrogen (secondary N) is 2. The zero-order valence-corrected chi connectivity index (χ0v) is 14.7. The first-order valence-electron chi connectivity index (χ1n) is 8.99. The van der Waals surface area contributed by atoms with E-state index in [0.717, 1.165) is 31.5 Å². The molecule has 1 aromatic rings. The van der Waals surface area contributed by atoms with Crippen LogP contribution in [0.4, 0.5) is 5.69 Å². The molecule has 2 aliphatic rings. The van der Waals surface area contributed by atoms with E-state index in [1.165, 1.54) is 12.8 Å². The van der Waals surface area contributed by atoms with Crippen molar-refractivity contribution < 1.29 is 9.59 Å². The predicted molar refractivity (Wildman–Crippen MR) is 95.2 cm³/mol. The fraction of sp³-hybridized carbons (Fsp3) is 0.647. The molecule has 3 rings (SSSR count). The molecule has 0 saturated heterocycles. The highest BCUT2D eigenvalue weighted by molar-refractivity contribution is 5.90. The topological polar surface area (TPSA) is 91.6 Å². The molecule has 0 aromatic carbocycles. The van der Waals surface area contributed by atoms with Gasteiger partial charge in [0.25, 0.3) is 0 Å². The van der Waals surface area contributed by atoms with Crippen molar-refractivity contribution >= 4 is 23.2 Å². The van der Waals surface area contributed by atoms with Crippen LogP contribution in [-0.2, 0) is 16.1 Å². The van der Waals surface area contributed by atoms with Crippen molar-refractivity contribution in [3.8, 4) is 0 Å². The van der Waals surface area contributed by atoms with Gasteiger partial charge in [0, 0.05) is 43.9 Å². The van der Waals surface area contributed by atoms with Crippen LogP contribution in [-0.4, -0.2) is 51.4 Å². The van der Waals surface area contributed by atoms with Gasteiger partial charge in [-0.2, -0.15) is 10.2 Å². The molecular weight excluding hydrogens is 320 g/mol. The molecule has 136 valence electrons. The number of hydrogen-bond acceptors (Lipinski definition) is 5. The minimum Gasteiger partial charge on any atom is -0.352 e. The van der Waals surface area contributed by atoms with Crippen LogP contribution in [0.3, 0.4) is 0 Å². The minimum atomic E-state index is -0.0743. The van der Waals surface area contributed by atoms with Crippen molar-refractivity contribution in [1.29, 1.82) is 0 Å². The molecule has 0 atom stereocenters. The van der Waals surface area contributed by atoms with Gasteiger partial charge in [0.2, 0.25) is 11.8 Å². The van der Waals surface area contributed by atoms with E-state index in [0.29, 0.717) is 24.7 Å². The van der Waals surface area contributed by atoms with Crippen molar-refractivity contribution in [3.63, 3.8) is 0 Å². The molecule has 1 aliphatic carbocycles. The lowest BCUT2D eigenvalue weighted by atomic mass is 10.2. The summed E-state index contributed by atoms with van der Waals surface area (Å²) >= 11 is 0. The third-order valence-corrected chi connectivity index (χ3v) is 4.58. The Labute approximate surface area is 147 Å². The Hall–Kier alpha value is -2.38. The van der Waals surface area contributed by atoms with Crippen LogP contribution in [0.15, 0.2) is 17.5 Å². The van der Waals surface area contributed by atoms with Crippen LogP contribution in [0.1, 0.15) is 45.4 Å². The summed E-state index contributed by atoms with van der Waals surface area (Å²) in [5.74, 6) is -0.107. The lowest BCUT2D eigenvalue weighted by Gasteiger charge is -2.12. The third-order valence-electron chi connectivity index (χ3n) is 4.58. The smallest absolute Gasteiger partial charge is 0.241 e. The Bertz CT molecular complexity index is 647. The zero-order chi connectivity index (χ0) is 17.6. The lowest BCUT2D eigenvalue weighted by Crippen LogP contribution is -2.35. The van der Waals surface area contributed by atoms with Gasteiger partial charge in [-0.15, -0.1) is 0 Å². The van der Waals surface area contributed by atoms with Gasteiger partial charge >= 0.3 is 0 Å². The lowest BCUT2D eigenvalue weighted by molar-refractivity contribution is -0.122. The monoisotopic (exact) mass is 346 g/mol. The molecule has 2 amide bonds. The molecule has 0 spiro atoms. The summed E-state index contributed by atoms with van der Waals surface area (Å²) in [6.07, 6.45) is 9.10. The minimum absolute atomic E-state index is 0.0323. The van der Waals surface area contributed by atoms with E-state index in [1.807, 2.05) is 11.9 Å². The molecule has 1 saturated carbocycles. The number of nitrogens with zero attached hydrogens (tertiary/aromatic N) is 4. The molecule has 2 heterocycles. The van der Waals surface area contributed by atoms with Crippen molar-refractivity contribution in [2.45, 2.75) is 58.0 Å². The van der Waals surface area contributed by atoms with Crippen molar-refractivity contribution in [1.82, 2.24) is 20.1 Å². The molecule has 2 N–H and O–H groups in total. The van der Waals surface area contributed by atoms with E-state index in [9.17, 15) is 9.59 Å². The normalized spacial score (nSPS) is 17.6. The summed E-state index contributed by atoms with van der Waals surface area (Å²) in [6, 6.07) is 0.305. The summed E-state index contributed by atoms with van der Waals surface area (Å²) in [4.78, 5) is 24.0. The van der Waals surface area contributed by atoms with Gasteiger partial charge in [0.1, 0.15) is 6.54 Å². The van der Waals surface area contributed by atoms with Gasteiger partial charge in [-0.3, -0.25) is 19.3 Å². The first-order valence-corrected chi connectivity index (χ1v) is 8.99. The Morgan fingerprint density at radius 1 is 1.28 bits per heavy atom. The van der Waals surface area contributed by atoms with Gasteiger partial charge < -0.3 is 10.6 Å². The molecule has 1 aliphatic heterocycles. The molecule has 0 bridgehead atoms. The van der Waals surface area contributed by atoms with E-state index in [1.54, 1.807) is 17.1 Å². The number of hydrazone groups is 1. The second-order valence-corrected chi connectivity index (χ2v) is 6.81. The molecule has 1 fully saturated rings. The maximum absolute atomic E-state index is 12.0. The van der Waals surface area contributed by atoms with E-state index in [2.05, 4.69) is 20.8 Å². The number of hydrogen-bond donors (Lipinski definition) is 2. The summed E-state index contributed by atoms with van der Waals surface area (Å²) < 4.78 is 1.55. The quantitative estimate of drug-likeness (QED) is 0.780. The van der Waals surface area contributed by atoms with Crippen molar-refractivity contribution in [3.05, 3.63) is 12.4 Å². The Kier molecular flexibility index (Phi) is 5.67. The van der Waals surface area contributed by atoms with Gasteiger partial charge in [-0.1, -0.05) is 12.8 Å². The average Bonchev–Trinajstić information content (AvgIpc) is 3.29. The zero-order valence-electron chi connectivity index (χ0n) is 14.7. The molecule has 0 radical (unpaired) electrons. The van der Waals surface area contributed by atoms with E-state index in [4.69, 9.17) is 0 Å². The maximum Gasteiger partial charge on any atom is 0.241 e. The molecule has 0 unspecified atom stereocenters. The van der Waals surface area contributed by atoms with Crippen LogP contribution < -0.4 is 10.6 Å². The number of aromatic nitrogens is 2. The van der Waals surface area contributed by atoms with Gasteiger partial charge in [0.15, 0.2) is 0 Å². The van der Waals surface area contributed by atoms with Crippen LogP contribution in [0.25, 0.3) is 0 Å². The summed E-state index contributed by atoms with van der Waals surface area (Å²) in [6.45, 7) is 3.67. The fourth-order valence-electron chi connectivity index (χ4n) is 3.25. The highest BCUT2D eigenvalue weighted by Gasteiger charge is 2.17. The molecule has 25 heavy (non-hydrogen) atoms. The Morgan fingerprint density at radius 3 is 2.80 bits per heavy atom. The van der Waals surface area contributed by atoms with Gasteiger partial charge in [0.05, 0.1) is 11.9 Å². The summed E-state index contributed by atoms with van der Waals surface area (Å²) in [7, 11) is 0. The van der Waals surface area contributed by atoms with E-state index < -0.39 is 0 Å². The standard InChI is InChI=1S/C17H26N6O2/c1-13-6-8-22(21-13)9-7-16(24)20-15-10-18-23(11-15)12-17(25)19-14-4-2-3-5-14/h10-11,14H,2-9,12H2,1H3,(H,19,25)(H,20,24). The highest BCUT2D eigenvalue weighted by atomic mass is 16.2. The van der Waals surface area contributed by atoms with Crippen molar-refractivity contribution in [2.75, 3.05) is 18.4 Å². The number of rotatable bonds is 7. The number of amides is 2. The Balaban J connectivity index is 1.40. The third kappa shape index (κ3) is 5.30. The van der Waals surface area contributed by atoms with Crippen LogP contribution >= 0.6 is 0 Å². The Morgan fingerprint density at radius 2 is 2.08 bits per heavy atom. The van der Waals surface area contributed by atoms with Crippen molar-refractivity contribution in [2.24, 2.45) is 5.10 Å². The molecule has 1 aromatic heterocycles. The van der Waals surface area contributed by atoms with Crippen LogP contribution in [0, 0.1) is 0 Å². The average molecular weight is 346 g/mol. The first-order chi connectivity index (χ1) is 12.1. The molecular formula is C17H26N6O2. The summed E-state index contributed by atoms with van der Waals surface area (Å²) in [5, 5.41) is 16.3. The summed E-state index contributed by atoms with van der Waals surface area (Å²) in [5.41, 5.74) is 1.72. The van der Waals surface area contributed by atoms with Gasteiger partial charge in [-0.25, -0.2) is 0 Å². The number of anilines is 1. The van der Waals surface area contributed by atoms with Gasteiger partial charge in [-0.05, 0) is 19.8 Å². The van der Waals surface area contributed by atoms with E-state index >= 15 is 0 Å². The van der Waals surface area contributed by atoms with E-state index in [-0.39, 0.29) is 18.4 Å². The van der Waals surface area contributed by atoms with Crippen LogP contribution in [0.5, 0.6) is 0 Å². The second kappa shape index (κ2) is 8.13. The first kappa shape index (κ1) is 17.4.